The molecule has 2 heterocycles. The molecule has 27 heavy (non-hydrogen) atoms. The van der Waals surface area contributed by atoms with Gasteiger partial charge in [-0.3, -0.25) is 9.89 Å². The number of amides is 1. The van der Waals surface area contributed by atoms with Crippen LogP contribution in [0.3, 0.4) is 0 Å². The maximum Gasteiger partial charge on any atom is 0.270 e. The van der Waals surface area contributed by atoms with Gasteiger partial charge >= 0.3 is 0 Å². The van der Waals surface area contributed by atoms with Gasteiger partial charge in [0.2, 0.25) is 0 Å². The molecule has 0 radical (unpaired) electrons. The second kappa shape index (κ2) is 8.58. The molecule has 0 aliphatic heterocycles. The van der Waals surface area contributed by atoms with E-state index in [2.05, 4.69) is 58.6 Å². The lowest BCUT2D eigenvalue weighted by atomic mass is 10.0. The van der Waals surface area contributed by atoms with Gasteiger partial charge in [0.1, 0.15) is 16.5 Å². The van der Waals surface area contributed by atoms with Crippen LogP contribution in [0, 0.1) is 4.77 Å². The zero-order valence-electron chi connectivity index (χ0n) is 15.7. The molecule has 0 aliphatic carbocycles. The molecule has 2 aromatic heterocycles. The van der Waals surface area contributed by atoms with E-state index < -0.39 is 0 Å². The number of nitrogens with one attached hydrogen (secondary N) is 2. The Morgan fingerprint density at radius 2 is 2.07 bits per heavy atom. The fourth-order valence-electron chi connectivity index (χ4n) is 2.77. The van der Waals surface area contributed by atoms with Crippen molar-refractivity contribution in [2.45, 2.75) is 39.7 Å². The third kappa shape index (κ3) is 4.51. The second-order valence-corrected chi connectivity index (χ2v) is 7.75. The van der Waals surface area contributed by atoms with Crippen molar-refractivity contribution in [3.8, 4) is 10.6 Å². The molecule has 1 aromatic carbocycles. The summed E-state index contributed by atoms with van der Waals surface area (Å²) in [5.74, 6) is 1.16. The van der Waals surface area contributed by atoms with Crippen molar-refractivity contribution < 1.29 is 4.79 Å². The number of carbonyl (C=O) groups is 1. The second-order valence-electron chi connectivity index (χ2n) is 6.51. The lowest BCUT2D eigenvalue weighted by Gasteiger charge is -2.05. The Kier molecular flexibility index (Phi) is 6.18. The molecule has 0 unspecified atom stereocenters. The van der Waals surface area contributed by atoms with Crippen LogP contribution in [0.1, 0.15) is 48.6 Å². The first-order valence-corrected chi connectivity index (χ1v) is 10.3. The molecule has 8 heteroatoms. The summed E-state index contributed by atoms with van der Waals surface area (Å²) in [4.78, 5) is 16.8. The summed E-state index contributed by atoms with van der Waals surface area (Å²) in [6.45, 7) is 7.58. The number of aromatic nitrogens is 4. The molecule has 3 rings (SSSR count). The van der Waals surface area contributed by atoms with Crippen molar-refractivity contribution in [2.24, 2.45) is 0 Å². The minimum Gasteiger partial charge on any atom is -0.350 e. The molecule has 0 bridgehead atoms. The highest BCUT2D eigenvalue weighted by atomic mass is 32.1. The van der Waals surface area contributed by atoms with Gasteiger partial charge in [-0.05, 0) is 30.6 Å². The SMILES string of the molecule is CCn1c(CCNC(=O)c2csc(-c3ccc(C(C)C)cc3)n2)n[nH]c1=S. The van der Waals surface area contributed by atoms with E-state index in [4.69, 9.17) is 12.2 Å². The summed E-state index contributed by atoms with van der Waals surface area (Å²) in [7, 11) is 0. The number of hydrogen-bond acceptors (Lipinski definition) is 5. The van der Waals surface area contributed by atoms with Crippen molar-refractivity contribution in [3.05, 3.63) is 51.5 Å². The number of hydrogen-bond donors (Lipinski definition) is 2. The van der Waals surface area contributed by atoms with Gasteiger partial charge in [0, 0.05) is 30.5 Å². The van der Waals surface area contributed by atoms with E-state index in [-0.39, 0.29) is 5.91 Å². The quantitative estimate of drug-likeness (QED) is 0.582. The molecule has 6 nitrogen and oxygen atoms in total. The van der Waals surface area contributed by atoms with Gasteiger partial charge in [0.25, 0.3) is 5.91 Å². The first kappa shape index (κ1) is 19.4. The molecule has 0 aliphatic rings. The number of benzene rings is 1. The molecular weight excluding hydrogens is 378 g/mol. The van der Waals surface area contributed by atoms with Crippen molar-refractivity contribution in [3.63, 3.8) is 0 Å². The third-order valence-electron chi connectivity index (χ3n) is 4.35. The zero-order valence-corrected chi connectivity index (χ0v) is 17.3. The Morgan fingerprint density at radius 1 is 1.33 bits per heavy atom. The Labute approximate surface area is 167 Å². The van der Waals surface area contributed by atoms with E-state index in [1.807, 2.05) is 11.5 Å². The summed E-state index contributed by atoms with van der Waals surface area (Å²) < 4.78 is 2.52. The molecular formula is C19H23N5OS2. The molecule has 3 aromatic rings. The number of rotatable bonds is 7. The predicted octanol–water partition coefficient (Wildman–Crippen LogP) is 4.18. The molecule has 142 valence electrons. The average Bonchev–Trinajstić information content (AvgIpc) is 3.29. The molecule has 0 fully saturated rings. The summed E-state index contributed by atoms with van der Waals surface area (Å²) >= 11 is 6.65. The summed E-state index contributed by atoms with van der Waals surface area (Å²) in [5.41, 5.74) is 2.76. The minimum atomic E-state index is -0.173. The van der Waals surface area contributed by atoms with Crippen molar-refractivity contribution in [1.29, 1.82) is 0 Å². The van der Waals surface area contributed by atoms with Gasteiger partial charge in [-0.15, -0.1) is 11.3 Å². The highest BCUT2D eigenvalue weighted by Crippen LogP contribution is 2.25. The Balaban J connectivity index is 1.60. The van der Waals surface area contributed by atoms with Crippen LogP contribution in [0.2, 0.25) is 0 Å². The van der Waals surface area contributed by atoms with Gasteiger partial charge in [0.15, 0.2) is 4.77 Å². The van der Waals surface area contributed by atoms with Crippen LogP contribution in [-0.2, 0) is 13.0 Å². The fraction of sp³-hybridized carbons (Fsp3) is 0.368. The Morgan fingerprint density at radius 3 is 2.74 bits per heavy atom. The number of nitrogens with zero attached hydrogens (tertiary/aromatic N) is 3. The van der Waals surface area contributed by atoms with Crippen LogP contribution in [0.15, 0.2) is 29.6 Å². The normalized spacial score (nSPS) is 11.1. The summed E-state index contributed by atoms with van der Waals surface area (Å²) in [6.07, 6.45) is 0.611. The van der Waals surface area contributed by atoms with Crippen LogP contribution in [0.4, 0.5) is 0 Å². The monoisotopic (exact) mass is 401 g/mol. The van der Waals surface area contributed by atoms with Crippen molar-refractivity contribution in [1.82, 2.24) is 25.1 Å². The van der Waals surface area contributed by atoms with Gasteiger partial charge in [-0.2, -0.15) is 5.10 Å². The smallest absolute Gasteiger partial charge is 0.270 e. The van der Waals surface area contributed by atoms with E-state index in [1.165, 1.54) is 16.9 Å². The largest absolute Gasteiger partial charge is 0.350 e. The number of H-pyrrole nitrogens is 1. The third-order valence-corrected chi connectivity index (χ3v) is 5.55. The highest BCUT2D eigenvalue weighted by molar-refractivity contribution is 7.71. The molecule has 0 saturated heterocycles. The summed E-state index contributed by atoms with van der Waals surface area (Å²) in [5, 5.41) is 12.5. The predicted molar refractivity (Wildman–Crippen MR) is 111 cm³/mol. The standard InChI is InChI=1S/C19H23N5OS2/c1-4-24-16(22-23-19(24)26)9-10-20-17(25)15-11-27-18(21-15)14-7-5-13(6-8-14)12(2)3/h5-8,11-12H,4,9-10H2,1-3H3,(H,20,25)(H,23,26). The first-order chi connectivity index (χ1) is 13.0. The van der Waals surface area contributed by atoms with Crippen molar-refractivity contribution >= 4 is 29.5 Å². The van der Waals surface area contributed by atoms with Crippen LogP contribution in [-0.4, -0.2) is 32.2 Å². The molecule has 0 spiro atoms. The van der Waals surface area contributed by atoms with Gasteiger partial charge in [0.05, 0.1) is 0 Å². The maximum absolute atomic E-state index is 12.4. The molecule has 2 N–H and O–H groups in total. The van der Waals surface area contributed by atoms with E-state index >= 15 is 0 Å². The van der Waals surface area contributed by atoms with E-state index in [9.17, 15) is 4.79 Å². The van der Waals surface area contributed by atoms with Gasteiger partial charge in [-0.1, -0.05) is 38.1 Å². The first-order valence-electron chi connectivity index (χ1n) is 8.97. The van der Waals surface area contributed by atoms with Gasteiger partial charge < -0.3 is 9.88 Å². The molecule has 0 saturated carbocycles. The van der Waals surface area contributed by atoms with E-state index in [1.54, 1.807) is 5.38 Å². The maximum atomic E-state index is 12.4. The van der Waals surface area contributed by atoms with E-state index in [0.29, 0.717) is 29.3 Å². The van der Waals surface area contributed by atoms with Crippen LogP contribution in [0.5, 0.6) is 0 Å². The van der Waals surface area contributed by atoms with Crippen molar-refractivity contribution in [2.75, 3.05) is 6.54 Å². The number of aromatic amines is 1. The lowest BCUT2D eigenvalue weighted by Crippen LogP contribution is -2.26. The molecule has 1 amide bonds. The zero-order chi connectivity index (χ0) is 19.4. The van der Waals surface area contributed by atoms with Gasteiger partial charge in [-0.25, -0.2) is 4.98 Å². The topological polar surface area (TPSA) is 75.6 Å². The van der Waals surface area contributed by atoms with E-state index in [0.717, 1.165) is 22.9 Å². The van der Waals surface area contributed by atoms with Crippen LogP contribution >= 0.6 is 23.6 Å². The highest BCUT2D eigenvalue weighted by Gasteiger charge is 2.12. The number of thiazole rings is 1. The summed E-state index contributed by atoms with van der Waals surface area (Å²) in [6, 6.07) is 8.34. The molecule has 0 atom stereocenters. The lowest BCUT2D eigenvalue weighted by molar-refractivity contribution is 0.0949. The minimum absolute atomic E-state index is 0.173. The Hall–Kier alpha value is -2.32. The fourth-order valence-corrected chi connectivity index (χ4v) is 3.85. The van der Waals surface area contributed by atoms with Crippen LogP contribution < -0.4 is 5.32 Å². The van der Waals surface area contributed by atoms with Crippen LogP contribution in [0.25, 0.3) is 10.6 Å². The average molecular weight is 402 g/mol. The Bertz CT molecular complexity index is 969. The number of carbonyl (C=O) groups excluding carboxylic acids is 1.